The van der Waals surface area contributed by atoms with E-state index in [0.29, 0.717) is 35.1 Å². The molecule has 0 saturated heterocycles. The van der Waals surface area contributed by atoms with E-state index in [0.717, 1.165) is 12.0 Å². The molecule has 0 aliphatic rings. The molecule has 0 bridgehead atoms. The zero-order chi connectivity index (χ0) is 28.4. The summed E-state index contributed by atoms with van der Waals surface area (Å²) in [5, 5.41) is 77.3. The zero-order valence-electron chi connectivity index (χ0n) is 22.7. The monoisotopic (exact) mass is 518 g/mol. The molecule has 0 aliphatic carbocycles. The van der Waals surface area contributed by atoms with Crippen LogP contribution in [0.5, 0.6) is 23.0 Å². The molecule has 2 rings (SSSR count). The standard InChI is InChI=1S/C15H22O4.C14H20O4/c1-4-9(2)5-6-11-10(3)14(18)12(7-16)13(8-17)15(11)19;1-8(2)4-5-10-9(3)13(17)11(6-15)12(7-16)14(10)18/h5,16-19H,4,6-8H2,1-3H3;4,15-18H,5-7H2,1-3H3/b9-5+;. The first-order valence-corrected chi connectivity index (χ1v) is 12.2. The van der Waals surface area contributed by atoms with Crippen molar-refractivity contribution < 1.29 is 40.9 Å². The van der Waals surface area contributed by atoms with Crippen molar-refractivity contribution in [1.82, 2.24) is 0 Å². The minimum absolute atomic E-state index is 0.0398. The lowest BCUT2D eigenvalue weighted by Crippen LogP contribution is -2.02. The number of hydrogen-bond donors (Lipinski definition) is 8. The average molecular weight is 519 g/mol. The van der Waals surface area contributed by atoms with Gasteiger partial charge in [0.05, 0.1) is 26.4 Å². The fourth-order valence-electron chi connectivity index (χ4n) is 3.94. The minimum atomic E-state index is -0.419. The minimum Gasteiger partial charge on any atom is -0.507 e. The van der Waals surface area contributed by atoms with Gasteiger partial charge in [-0.1, -0.05) is 30.2 Å². The summed E-state index contributed by atoms with van der Waals surface area (Å²) in [5.74, 6) is -0.199. The molecule has 8 heteroatoms. The SMILES string of the molecule is CC(C)=CCc1c(C)c(O)c(CO)c(CO)c1O.CC/C(C)=C/Cc1c(C)c(O)c(CO)c(CO)c1O. The highest BCUT2D eigenvalue weighted by molar-refractivity contribution is 5.59. The Morgan fingerprint density at radius 2 is 0.865 bits per heavy atom. The van der Waals surface area contributed by atoms with E-state index >= 15 is 0 Å². The number of hydrogen-bond acceptors (Lipinski definition) is 8. The topological polar surface area (TPSA) is 162 Å². The molecule has 0 aliphatic heterocycles. The van der Waals surface area contributed by atoms with Crippen molar-refractivity contribution in [3.05, 3.63) is 67.8 Å². The number of benzene rings is 2. The Kier molecular flexibility index (Phi) is 12.7. The third kappa shape index (κ3) is 7.49. The summed E-state index contributed by atoms with van der Waals surface area (Å²) >= 11 is 0. The van der Waals surface area contributed by atoms with Crippen LogP contribution in [0, 0.1) is 13.8 Å². The first-order valence-electron chi connectivity index (χ1n) is 12.2. The summed E-state index contributed by atoms with van der Waals surface area (Å²) in [6, 6.07) is 0. The van der Waals surface area contributed by atoms with Gasteiger partial charge in [-0.3, -0.25) is 0 Å². The third-order valence-corrected chi connectivity index (χ3v) is 6.62. The molecule has 0 heterocycles. The summed E-state index contributed by atoms with van der Waals surface area (Å²) in [6.45, 7) is 9.65. The van der Waals surface area contributed by atoms with E-state index in [1.807, 2.05) is 39.8 Å². The molecule has 8 N–H and O–H groups in total. The molecule has 37 heavy (non-hydrogen) atoms. The molecule has 0 unspecified atom stereocenters. The van der Waals surface area contributed by atoms with Gasteiger partial charge in [0, 0.05) is 33.4 Å². The molecule has 0 fully saturated rings. The van der Waals surface area contributed by atoms with Gasteiger partial charge in [0.25, 0.3) is 0 Å². The Bertz CT molecular complexity index is 1140. The van der Waals surface area contributed by atoms with Gasteiger partial charge < -0.3 is 40.9 Å². The third-order valence-electron chi connectivity index (χ3n) is 6.62. The smallest absolute Gasteiger partial charge is 0.125 e. The second kappa shape index (κ2) is 14.6. The van der Waals surface area contributed by atoms with Gasteiger partial charge in [-0.05, 0) is 65.0 Å². The van der Waals surface area contributed by atoms with Crippen LogP contribution in [0.3, 0.4) is 0 Å². The van der Waals surface area contributed by atoms with Crippen LogP contribution in [0.2, 0.25) is 0 Å². The van der Waals surface area contributed by atoms with Gasteiger partial charge in [0.1, 0.15) is 23.0 Å². The molecule has 2 aromatic carbocycles. The fourth-order valence-corrected chi connectivity index (χ4v) is 3.94. The first kappa shape index (κ1) is 32.0. The van der Waals surface area contributed by atoms with Crippen molar-refractivity contribution in [1.29, 1.82) is 0 Å². The van der Waals surface area contributed by atoms with Gasteiger partial charge in [-0.2, -0.15) is 0 Å². The Morgan fingerprint density at radius 3 is 1.16 bits per heavy atom. The second-order valence-electron chi connectivity index (χ2n) is 9.24. The lowest BCUT2D eigenvalue weighted by Gasteiger charge is -2.17. The maximum atomic E-state index is 10.2. The summed E-state index contributed by atoms with van der Waals surface area (Å²) in [7, 11) is 0. The fraction of sp³-hybridized carbons (Fsp3) is 0.448. The van der Waals surface area contributed by atoms with Gasteiger partial charge >= 0.3 is 0 Å². The van der Waals surface area contributed by atoms with Crippen molar-refractivity contribution in [3.63, 3.8) is 0 Å². The highest BCUT2D eigenvalue weighted by atomic mass is 16.3. The van der Waals surface area contributed by atoms with Crippen LogP contribution in [0.4, 0.5) is 0 Å². The Hall–Kier alpha value is -3.04. The molecular weight excluding hydrogens is 476 g/mol. The number of allylic oxidation sites excluding steroid dienone is 4. The maximum Gasteiger partial charge on any atom is 0.125 e. The van der Waals surface area contributed by atoms with Gasteiger partial charge in [-0.25, -0.2) is 0 Å². The van der Waals surface area contributed by atoms with Crippen LogP contribution >= 0.6 is 0 Å². The summed E-state index contributed by atoms with van der Waals surface area (Å²) < 4.78 is 0. The van der Waals surface area contributed by atoms with E-state index in [-0.39, 0.29) is 45.3 Å². The molecular formula is C29H42O8. The second-order valence-corrected chi connectivity index (χ2v) is 9.24. The quantitative estimate of drug-likeness (QED) is 0.181. The van der Waals surface area contributed by atoms with Gasteiger partial charge in [0.2, 0.25) is 0 Å². The number of aliphatic hydroxyl groups excluding tert-OH is 4. The Labute approximate surface area is 219 Å². The van der Waals surface area contributed by atoms with E-state index in [2.05, 4.69) is 0 Å². The molecule has 0 aromatic heterocycles. The van der Waals surface area contributed by atoms with E-state index in [9.17, 15) is 40.9 Å². The van der Waals surface area contributed by atoms with E-state index < -0.39 is 26.4 Å². The molecule has 2 aromatic rings. The van der Waals surface area contributed by atoms with Crippen LogP contribution < -0.4 is 0 Å². The van der Waals surface area contributed by atoms with Crippen LogP contribution in [0.1, 0.15) is 78.6 Å². The van der Waals surface area contributed by atoms with Crippen LogP contribution in [0.15, 0.2) is 23.3 Å². The summed E-state index contributed by atoms with van der Waals surface area (Å²) in [6.07, 6.45) is 5.81. The molecule has 8 nitrogen and oxygen atoms in total. The Morgan fingerprint density at radius 1 is 0.541 bits per heavy atom. The van der Waals surface area contributed by atoms with Crippen LogP contribution in [-0.2, 0) is 39.3 Å². The summed E-state index contributed by atoms with van der Waals surface area (Å²) in [5.41, 5.74) is 5.30. The molecule has 0 saturated carbocycles. The first-order chi connectivity index (χ1) is 17.4. The lowest BCUT2D eigenvalue weighted by atomic mass is 9.94. The van der Waals surface area contributed by atoms with E-state index in [1.54, 1.807) is 13.8 Å². The molecule has 0 radical (unpaired) electrons. The van der Waals surface area contributed by atoms with Crippen LogP contribution in [-0.4, -0.2) is 40.9 Å². The predicted molar refractivity (Wildman–Crippen MR) is 144 cm³/mol. The number of rotatable bonds is 9. The number of phenols is 4. The number of aliphatic hydroxyl groups is 4. The lowest BCUT2D eigenvalue weighted by molar-refractivity contribution is 0.249. The van der Waals surface area contributed by atoms with Gasteiger partial charge in [-0.15, -0.1) is 0 Å². The van der Waals surface area contributed by atoms with E-state index in [1.165, 1.54) is 5.57 Å². The Balaban J connectivity index is 0.000000371. The van der Waals surface area contributed by atoms with Crippen molar-refractivity contribution in [2.24, 2.45) is 0 Å². The molecule has 0 spiro atoms. The van der Waals surface area contributed by atoms with Crippen molar-refractivity contribution in [3.8, 4) is 23.0 Å². The average Bonchev–Trinajstić information content (AvgIpc) is 2.87. The molecule has 0 amide bonds. The van der Waals surface area contributed by atoms with Crippen molar-refractivity contribution in [2.75, 3.05) is 0 Å². The normalized spacial score (nSPS) is 11.2. The van der Waals surface area contributed by atoms with Crippen molar-refractivity contribution >= 4 is 0 Å². The number of aromatic hydroxyl groups is 4. The highest BCUT2D eigenvalue weighted by Crippen LogP contribution is 2.39. The van der Waals surface area contributed by atoms with Crippen LogP contribution in [0.25, 0.3) is 0 Å². The highest BCUT2D eigenvalue weighted by Gasteiger charge is 2.20. The largest absolute Gasteiger partial charge is 0.507 e. The molecule has 206 valence electrons. The van der Waals surface area contributed by atoms with E-state index in [4.69, 9.17) is 0 Å². The predicted octanol–water partition coefficient (Wildman–Crippen LogP) is 4.19. The maximum absolute atomic E-state index is 10.2. The van der Waals surface area contributed by atoms with Gasteiger partial charge in [0.15, 0.2) is 0 Å². The van der Waals surface area contributed by atoms with Crippen molar-refractivity contribution in [2.45, 2.75) is 87.2 Å². The molecule has 0 atom stereocenters. The summed E-state index contributed by atoms with van der Waals surface area (Å²) in [4.78, 5) is 0. The zero-order valence-corrected chi connectivity index (χ0v) is 22.7.